The molecule has 0 heterocycles. The van der Waals surface area contributed by atoms with Gasteiger partial charge in [0.15, 0.2) is 0 Å². The third-order valence-electron chi connectivity index (χ3n) is 9.13. The third kappa shape index (κ3) is 40.7. The Balaban J connectivity index is 3.44. The van der Waals surface area contributed by atoms with Crippen molar-refractivity contribution in [3.63, 3.8) is 0 Å². The molecule has 0 rings (SSSR count). The molecule has 286 valence electrons. The van der Waals surface area contributed by atoms with Crippen LogP contribution in [0.5, 0.6) is 0 Å². The minimum Gasteiger partial charge on any atom is -0.457 e. The Kier molecular flexibility index (Phi) is 41.1. The molecule has 0 aromatic rings. The van der Waals surface area contributed by atoms with Crippen LogP contribution in [0.4, 0.5) is 0 Å². The van der Waals surface area contributed by atoms with Crippen LogP contribution in [-0.2, 0) is 14.3 Å². The second-order valence-corrected chi connectivity index (χ2v) is 14.1. The predicted octanol–water partition coefficient (Wildman–Crippen LogP) is 13.9. The van der Waals surface area contributed by atoms with Gasteiger partial charge in [0, 0.05) is 13.0 Å². The molecule has 1 unspecified atom stereocenters. The summed E-state index contributed by atoms with van der Waals surface area (Å²) in [5, 5.41) is 9.60. The van der Waals surface area contributed by atoms with Crippen molar-refractivity contribution in [3.8, 4) is 0 Å². The van der Waals surface area contributed by atoms with Gasteiger partial charge in [0.2, 0.25) is 0 Å². The number of carbonyl (C=O) groups excluding carboxylic acids is 1. The van der Waals surface area contributed by atoms with Crippen molar-refractivity contribution in [2.45, 2.75) is 213 Å². The van der Waals surface area contributed by atoms with E-state index in [-0.39, 0.29) is 12.6 Å². The van der Waals surface area contributed by atoms with Gasteiger partial charge in [-0.2, -0.15) is 0 Å². The number of allylic oxidation sites excluding steroid dienone is 8. The molecule has 0 bridgehead atoms. The van der Waals surface area contributed by atoms with Crippen molar-refractivity contribution in [2.24, 2.45) is 0 Å². The molecule has 0 aromatic carbocycles. The van der Waals surface area contributed by atoms with Gasteiger partial charge in [-0.15, -0.1) is 0 Å². The molecular formula is C45H82O4. The largest absolute Gasteiger partial charge is 0.457 e. The van der Waals surface area contributed by atoms with E-state index >= 15 is 0 Å². The van der Waals surface area contributed by atoms with E-state index in [9.17, 15) is 9.90 Å². The fraction of sp³-hybridized carbons (Fsp3) is 0.800. The van der Waals surface area contributed by atoms with Crippen molar-refractivity contribution in [1.82, 2.24) is 0 Å². The van der Waals surface area contributed by atoms with E-state index in [0.29, 0.717) is 19.6 Å². The summed E-state index contributed by atoms with van der Waals surface area (Å²) in [4.78, 5) is 12.2. The van der Waals surface area contributed by atoms with Gasteiger partial charge in [-0.3, -0.25) is 4.79 Å². The molecule has 0 radical (unpaired) electrons. The number of ether oxygens (including phenoxy) is 2. The summed E-state index contributed by atoms with van der Waals surface area (Å²) in [7, 11) is 0. The lowest BCUT2D eigenvalue weighted by molar-refractivity contribution is -0.154. The zero-order valence-corrected chi connectivity index (χ0v) is 32.7. The van der Waals surface area contributed by atoms with Crippen molar-refractivity contribution in [1.29, 1.82) is 0 Å². The number of aliphatic hydroxyl groups is 1. The van der Waals surface area contributed by atoms with E-state index in [1.54, 1.807) is 0 Å². The normalized spacial score (nSPS) is 12.8. The van der Waals surface area contributed by atoms with Crippen LogP contribution in [0, 0.1) is 0 Å². The minimum absolute atomic E-state index is 0.176. The van der Waals surface area contributed by atoms with Crippen LogP contribution >= 0.6 is 0 Å². The highest BCUT2D eigenvalue weighted by Crippen LogP contribution is 2.13. The van der Waals surface area contributed by atoms with Gasteiger partial charge in [0.05, 0.1) is 13.2 Å². The SMILES string of the molecule is CCCCC/C=C\C/C=C\CCCCCCCCCCCCOCC(CO)OC(=O)CCCCCCCCC/C=C\C/C=C\CCCCC. The molecule has 0 saturated carbocycles. The molecule has 1 atom stereocenters. The summed E-state index contributed by atoms with van der Waals surface area (Å²) in [5.74, 6) is -0.210. The molecule has 0 aromatic heterocycles. The van der Waals surface area contributed by atoms with Gasteiger partial charge in [-0.05, 0) is 77.0 Å². The molecule has 49 heavy (non-hydrogen) atoms. The van der Waals surface area contributed by atoms with Crippen molar-refractivity contribution in [3.05, 3.63) is 48.6 Å². The van der Waals surface area contributed by atoms with Gasteiger partial charge >= 0.3 is 5.97 Å². The highest BCUT2D eigenvalue weighted by atomic mass is 16.6. The van der Waals surface area contributed by atoms with Crippen LogP contribution in [0.2, 0.25) is 0 Å². The molecule has 0 fully saturated rings. The molecule has 0 amide bonds. The van der Waals surface area contributed by atoms with Crippen molar-refractivity contribution in [2.75, 3.05) is 19.8 Å². The van der Waals surface area contributed by atoms with Gasteiger partial charge in [-0.25, -0.2) is 0 Å². The maximum absolute atomic E-state index is 12.2. The highest BCUT2D eigenvalue weighted by Gasteiger charge is 2.13. The zero-order valence-electron chi connectivity index (χ0n) is 32.7. The second kappa shape index (κ2) is 42.5. The van der Waals surface area contributed by atoms with Crippen molar-refractivity contribution < 1.29 is 19.4 Å². The summed E-state index contributed by atoms with van der Waals surface area (Å²) in [6, 6.07) is 0. The van der Waals surface area contributed by atoms with E-state index in [1.807, 2.05) is 0 Å². The van der Waals surface area contributed by atoms with E-state index in [0.717, 1.165) is 32.1 Å². The van der Waals surface area contributed by atoms with E-state index in [1.165, 1.54) is 154 Å². The van der Waals surface area contributed by atoms with Crippen LogP contribution in [0.25, 0.3) is 0 Å². The molecule has 0 spiro atoms. The fourth-order valence-electron chi connectivity index (χ4n) is 5.92. The Bertz CT molecular complexity index is 768. The molecule has 1 N–H and O–H groups in total. The first-order valence-corrected chi connectivity index (χ1v) is 21.2. The first-order chi connectivity index (χ1) is 24.2. The van der Waals surface area contributed by atoms with E-state index < -0.39 is 6.10 Å². The first kappa shape index (κ1) is 47.4. The van der Waals surface area contributed by atoms with Crippen LogP contribution in [0.3, 0.4) is 0 Å². The lowest BCUT2D eigenvalue weighted by Crippen LogP contribution is -2.27. The monoisotopic (exact) mass is 687 g/mol. The quantitative estimate of drug-likeness (QED) is 0.0397. The summed E-state index contributed by atoms with van der Waals surface area (Å²) in [6.07, 6.45) is 54.5. The topological polar surface area (TPSA) is 55.8 Å². The van der Waals surface area contributed by atoms with E-state index in [2.05, 4.69) is 62.5 Å². The lowest BCUT2D eigenvalue weighted by Gasteiger charge is -2.16. The Morgan fingerprint density at radius 3 is 1.27 bits per heavy atom. The molecule has 4 nitrogen and oxygen atoms in total. The van der Waals surface area contributed by atoms with Crippen LogP contribution in [0.1, 0.15) is 206 Å². The van der Waals surface area contributed by atoms with Gasteiger partial charge < -0.3 is 14.6 Å². The number of esters is 1. The molecule has 0 aliphatic carbocycles. The second-order valence-electron chi connectivity index (χ2n) is 14.1. The summed E-state index contributed by atoms with van der Waals surface area (Å²) >= 11 is 0. The number of hydrogen-bond acceptors (Lipinski definition) is 4. The average molecular weight is 687 g/mol. The van der Waals surface area contributed by atoms with Gasteiger partial charge in [0.1, 0.15) is 6.10 Å². The maximum atomic E-state index is 12.2. The number of hydrogen-bond donors (Lipinski definition) is 1. The zero-order chi connectivity index (χ0) is 35.6. The van der Waals surface area contributed by atoms with Crippen molar-refractivity contribution >= 4 is 5.97 Å². The predicted molar refractivity (Wildman–Crippen MR) is 214 cm³/mol. The van der Waals surface area contributed by atoms with Crippen LogP contribution in [-0.4, -0.2) is 37.0 Å². The minimum atomic E-state index is -0.540. The maximum Gasteiger partial charge on any atom is 0.306 e. The number of unbranched alkanes of at least 4 members (excludes halogenated alkanes) is 23. The van der Waals surface area contributed by atoms with E-state index in [4.69, 9.17) is 9.47 Å². The van der Waals surface area contributed by atoms with Gasteiger partial charge in [-0.1, -0.05) is 172 Å². The average Bonchev–Trinajstić information content (AvgIpc) is 3.11. The number of carbonyl (C=O) groups is 1. The standard InChI is InChI=1S/C45H82O4/c1-3-5-7-9-11-13-15-17-19-21-22-23-25-27-29-31-33-35-37-39-41-48-43-44(42-46)49-45(47)40-38-36-34-32-30-28-26-24-20-18-16-14-12-10-8-6-4-2/h11-14,17-20,44,46H,3-10,15-16,21-43H2,1-2H3/b13-11-,14-12-,19-17-,20-18-. The Hall–Kier alpha value is -1.65. The fourth-order valence-corrected chi connectivity index (χ4v) is 5.92. The molecule has 0 aliphatic rings. The molecule has 0 aliphatic heterocycles. The highest BCUT2D eigenvalue weighted by molar-refractivity contribution is 5.69. The molecule has 0 saturated heterocycles. The third-order valence-corrected chi connectivity index (χ3v) is 9.13. The van der Waals surface area contributed by atoms with Crippen LogP contribution in [0.15, 0.2) is 48.6 Å². The molecule has 4 heteroatoms. The Morgan fingerprint density at radius 2 is 0.857 bits per heavy atom. The smallest absolute Gasteiger partial charge is 0.306 e. The summed E-state index contributed by atoms with van der Waals surface area (Å²) in [6.45, 7) is 5.29. The van der Waals surface area contributed by atoms with Gasteiger partial charge in [0.25, 0.3) is 0 Å². The summed E-state index contributed by atoms with van der Waals surface area (Å²) < 4.78 is 11.2. The first-order valence-electron chi connectivity index (χ1n) is 21.2. The van der Waals surface area contributed by atoms with Crippen LogP contribution < -0.4 is 0 Å². The Morgan fingerprint density at radius 1 is 0.490 bits per heavy atom. The molecular weight excluding hydrogens is 604 g/mol. The Labute approximate surface area is 305 Å². The number of rotatable bonds is 39. The number of aliphatic hydroxyl groups excluding tert-OH is 1. The lowest BCUT2D eigenvalue weighted by atomic mass is 10.1. The summed E-state index contributed by atoms with van der Waals surface area (Å²) in [5.41, 5.74) is 0.